The average Bonchev–Trinajstić information content (AvgIpc) is 3.11. The smallest absolute Gasteiger partial charge is 0.119 e. The Bertz CT molecular complexity index is 314. The maximum absolute atomic E-state index is 9.98. The second kappa shape index (κ2) is 5.35. The van der Waals surface area contributed by atoms with Crippen LogP contribution < -0.4 is 4.74 Å². The van der Waals surface area contributed by atoms with Crippen molar-refractivity contribution >= 4 is 0 Å². The second-order valence-electron chi connectivity index (χ2n) is 4.54. The Hall–Kier alpha value is -1.02. The molecule has 1 atom stereocenters. The van der Waals surface area contributed by atoms with Crippen LogP contribution in [0, 0.1) is 5.92 Å². The predicted molar refractivity (Wildman–Crippen MR) is 64.5 cm³/mol. The molecule has 2 heteroatoms. The van der Waals surface area contributed by atoms with Crippen molar-refractivity contribution in [3.63, 3.8) is 0 Å². The topological polar surface area (TPSA) is 29.5 Å². The molecule has 1 fully saturated rings. The van der Waals surface area contributed by atoms with Crippen molar-refractivity contribution in [2.75, 3.05) is 6.61 Å². The van der Waals surface area contributed by atoms with Crippen molar-refractivity contribution in [1.29, 1.82) is 0 Å². The van der Waals surface area contributed by atoms with Crippen molar-refractivity contribution in [2.45, 2.75) is 38.7 Å². The Kier molecular flexibility index (Phi) is 3.83. The zero-order valence-electron chi connectivity index (χ0n) is 9.86. The Morgan fingerprint density at radius 3 is 2.56 bits per heavy atom. The lowest BCUT2D eigenvalue weighted by Crippen LogP contribution is -1.98. The van der Waals surface area contributed by atoms with Gasteiger partial charge in [0.05, 0.1) is 12.7 Å². The fraction of sp³-hybridized carbons (Fsp3) is 0.571. The predicted octanol–water partition coefficient (Wildman–Crippen LogP) is 3.31. The zero-order chi connectivity index (χ0) is 11.4. The largest absolute Gasteiger partial charge is 0.494 e. The van der Waals surface area contributed by atoms with E-state index in [0.29, 0.717) is 6.61 Å². The van der Waals surface area contributed by atoms with Crippen LogP contribution >= 0.6 is 0 Å². The summed E-state index contributed by atoms with van der Waals surface area (Å²) >= 11 is 0. The normalized spacial score (nSPS) is 17.1. The highest BCUT2D eigenvalue weighted by Crippen LogP contribution is 2.35. The van der Waals surface area contributed by atoms with Crippen molar-refractivity contribution < 1.29 is 9.84 Å². The number of ether oxygens (including phenoxy) is 1. The monoisotopic (exact) mass is 220 g/mol. The molecule has 1 aromatic rings. The summed E-state index contributed by atoms with van der Waals surface area (Å²) in [6, 6.07) is 7.78. The van der Waals surface area contributed by atoms with E-state index >= 15 is 0 Å². The molecule has 1 aliphatic rings. The number of hydrogen-bond donors (Lipinski definition) is 1. The Balaban J connectivity index is 1.86. The number of benzene rings is 1. The number of hydrogen-bond acceptors (Lipinski definition) is 2. The first-order chi connectivity index (χ1) is 7.79. The van der Waals surface area contributed by atoms with Crippen molar-refractivity contribution in [2.24, 2.45) is 5.92 Å². The highest BCUT2D eigenvalue weighted by Gasteiger charge is 2.22. The first-order valence-corrected chi connectivity index (χ1v) is 6.20. The van der Waals surface area contributed by atoms with Crippen molar-refractivity contribution in [3.05, 3.63) is 29.8 Å². The molecule has 0 aliphatic heterocycles. The molecule has 1 aliphatic carbocycles. The second-order valence-corrected chi connectivity index (χ2v) is 4.54. The molecule has 0 spiro atoms. The van der Waals surface area contributed by atoms with Crippen molar-refractivity contribution in [3.8, 4) is 5.75 Å². The Morgan fingerprint density at radius 2 is 2.00 bits per heavy atom. The van der Waals surface area contributed by atoms with Crippen LogP contribution in [-0.4, -0.2) is 11.7 Å². The summed E-state index contributed by atoms with van der Waals surface area (Å²) in [5.41, 5.74) is 1.00. The van der Waals surface area contributed by atoms with Gasteiger partial charge in [-0.15, -0.1) is 0 Å². The summed E-state index contributed by atoms with van der Waals surface area (Å²) in [6.07, 6.45) is 4.45. The molecule has 2 rings (SSSR count). The minimum absolute atomic E-state index is 0.309. The fourth-order valence-corrected chi connectivity index (χ4v) is 1.92. The van der Waals surface area contributed by atoms with E-state index in [1.165, 1.54) is 12.8 Å². The first kappa shape index (κ1) is 11.5. The van der Waals surface area contributed by atoms with E-state index in [9.17, 15) is 5.11 Å². The molecule has 0 amide bonds. The first-order valence-electron chi connectivity index (χ1n) is 6.20. The lowest BCUT2D eigenvalue weighted by molar-refractivity contribution is 0.162. The molecule has 1 unspecified atom stereocenters. The van der Waals surface area contributed by atoms with Gasteiger partial charge in [-0.25, -0.2) is 0 Å². The summed E-state index contributed by atoms with van der Waals surface area (Å²) in [4.78, 5) is 0. The van der Waals surface area contributed by atoms with Gasteiger partial charge in [-0.3, -0.25) is 0 Å². The van der Waals surface area contributed by atoms with E-state index in [0.717, 1.165) is 30.1 Å². The van der Waals surface area contributed by atoms with Gasteiger partial charge in [0.2, 0.25) is 0 Å². The third kappa shape index (κ3) is 3.24. The summed E-state index contributed by atoms with van der Waals surface area (Å²) in [5, 5.41) is 9.98. The van der Waals surface area contributed by atoms with Crippen molar-refractivity contribution in [1.82, 2.24) is 0 Å². The molecule has 16 heavy (non-hydrogen) atoms. The van der Waals surface area contributed by atoms with Gasteiger partial charge in [0.1, 0.15) is 5.75 Å². The fourth-order valence-electron chi connectivity index (χ4n) is 1.92. The summed E-state index contributed by atoms with van der Waals surface area (Å²) in [6.45, 7) is 2.65. The Labute approximate surface area is 97.3 Å². The molecule has 88 valence electrons. The maximum atomic E-state index is 9.98. The molecule has 0 aromatic heterocycles. The van der Waals surface area contributed by atoms with Crippen LogP contribution in [0.1, 0.15) is 44.3 Å². The highest BCUT2D eigenvalue weighted by atomic mass is 16.5. The van der Waals surface area contributed by atoms with Crippen LogP contribution in [0.3, 0.4) is 0 Å². The molecule has 1 saturated carbocycles. The van der Waals surface area contributed by atoms with Gasteiger partial charge in [-0.05, 0) is 43.4 Å². The third-order valence-corrected chi connectivity index (χ3v) is 3.12. The minimum Gasteiger partial charge on any atom is -0.494 e. The summed E-state index contributed by atoms with van der Waals surface area (Å²) < 4.78 is 5.37. The minimum atomic E-state index is -0.309. The highest BCUT2D eigenvalue weighted by molar-refractivity contribution is 5.28. The lowest BCUT2D eigenvalue weighted by Gasteiger charge is -2.11. The van der Waals surface area contributed by atoms with E-state index < -0.39 is 0 Å². The van der Waals surface area contributed by atoms with Gasteiger partial charge in [0, 0.05) is 0 Å². The number of aliphatic hydroxyl groups is 1. The number of aliphatic hydroxyl groups excluding tert-OH is 1. The van der Waals surface area contributed by atoms with Crippen LogP contribution in [0.5, 0.6) is 5.75 Å². The summed E-state index contributed by atoms with van der Waals surface area (Å²) in [7, 11) is 0. The van der Waals surface area contributed by atoms with Crippen LogP contribution in [0.2, 0.25) is 0 Å². The molecule has 0 heterocycles. The molecule has 1 aromatic carbocycles. The van der Waals surface area contributed by atoms with E-state index in [1.807, 2.05) is 31.2 Å². The van der Waals surface area contributed by atoms with Gasteiger partial charge in [0.15, 0.2) is 0 Å². The SMILES string of the molecule is CCOc1ccc(C(O)CCC2CC2)cc1. The third-order valence-electron chi connectivity index (χ3n) is 3.12. The van der Waals surface area contributed by atoms with E-state index in [4.69, 9.17) is 4.74 Å². The van der Waals surface area contributed by atoms with E-state index in [-0.39, 0.29) is 6.10 Å². The molecule has 2 nitrogen and oxygen atoms in total. The molecule has 0 saturated heterocycles. The Morgan fingerprint density at radius 1 is 1.31 bits per heavy atom. The summed E-state index contributed by atoms with van der Waals surface area (Å²) in [5.74, 6) is 1.76. The standard InChI is InChI=1S/C14H20O2/c1-2-16-13-8-6-12(7-9-13)14(15)10-5-11-3-4-11/h6-9,11,14-15H,2-5,10H2,1H3. The van der Waals surface area contributed by atoms with Gasteiger partial charge in [-0.2, -0.15) is 0 Å². The number of rotatable bonds is 6. The average molecular weight is 220 g/mol. The van der Waals surface area contributed by atoms with Crippen LogP contribution in [0.25, 0.3) is 0 Å². The zero-order valence-corrected chi connectivity index (χ0v) is 9.86. The molecule has 1 N–H and O–H groups in total. The maximum Gasteiger partial charge on any atom is 0.119 e. The molecule has 0 bridgehead atoms. The van der Waals surface area contributed by atoms with Gasteiger partial charge in [-0.1, -0.05) is 25.0 Å². The molecular weight excluding hydrogens is 200 g/mol. The van der Waals surface area contributed by atoms with Gasteiger partial charge < -0.3 is 9.84 Å². The van der Waals surface area contributed by atoms with E-state index in [2.05, 4.69) is 0 Å². The lowest BCUT2D eigenvalue weighted by atomic mass is 10.0. The molecule has 0 radical (unpaired) electrons. The van der Waals surface area contributed by atoms with E-state index in [1.54, 1.807) is 0 Å². The quantitative estimate of drug-likeness (QED) is 0.797. The van der Waals surface area contributed by atoms with Crippen LogP contribution in [0.4, 0.5) is 0 Å². The molecular formula is C14H20O2. The van der Waals surface area contributed by atoms with Gasteiger partial charge >= 0.3 is 0 Å². The van der Waals surface area contributed by atoms with Crippen LogP contribution in [-0.2, 0) is 0 Å². The van der Waals surface area contributed by atoms with Gasteiger partial charge in [0.25, 0.3) is 0 Å². The van der Waals surface area contributed by atoms with Crippen LogP contribution in [0.15, 0.2) is 24.3 Å².